The summed E-state index contributed by atoms with van der Waals surface area (Å²) in [6, 6.07) is 14.1. The first-order valence-corrected chi connectivity index (χ1v) is 14.0. The average molecular weight is 529 g/mol. The lowest BCUT2D eigenvalue weighted by Crippen LogP contribution is -2.40. The lowest BCUT2D eigenvalue weighted by atomic mass is 9.89. The van der Waals surface area contributed by atoms with Gasteiger partial charge in [-0.2, -0.15) is 4.31 Å². The molecule has 4 heterocycles. The summed E-state index contributed by atoms with van der Waals surface area (Å²) in [5, 5.41) is 2.83. The Morgan fingerprint density at radius 2 is 2.00 bits per heavy atom. The number of carbonyl (C=O) groups excluding carboxylic acids is 1. The third-order valence-electron chi connectivity index (χ3n) is 6.33. The molecule has 2 aromatic carbocycles. The summed E-state index contributed by atoms with van der Waals surface area (Å²) in [6.45, 7) is 2.93. The van der Waals surface area contributed by atoms with Crippen LogP contribution in [0.2, 0.25) is 0 Å². The number of fused-ring (bicyclic) bond motifs is 8. The van der Waals surface area contributed by atoms with E-state index in [4.69, 9.17) is 14.2 Å². The molecule has 190 valence electrons. The molecule has 6 rings (SSSR count). The Kier molecular flexibility index (Phi) is 6.92. The minimum absolute atomic E-state index is 0.142. The third-order valence-corrected chi connectivity index (χ3v) is 9.67. The molecule has 10 heteroatoms. The van der Waals surface area contributed by atoms with Crippen molar-refractivity contribution >= 4 is 27.3 Å². The smallest absolute Gasteiger partial charge is 0.257 e. The van der Waals surface area contributed by atoms with Crippen molar-refractivity contribution in [1.29, 1.82) is 0 Å². The molecule has 1 N–H and O–H groups in total. The van der Waals surface area contributed by atoms with Gasteiger partial charge in [0.15, 0.2) is 18.1 Å². The Balaban J connectivity index is 1.67. The number of nitrogens with zero attached hydrogens (tertiary/aromatic N) is 1. The standard InChI is InChI=1S/C26H28N2O6S2/c1-17-7-8-25(35-17)36(30,31)28-11-9-18-14-23-22(32-2)15-21(18)26(28)19-5-3-6-20(13-19)33-12-4-10-27-24(29)16-34-23/h3,5-8,13-15,26H,4,9-12,16H2,1-2H3,(H,27,29). The molecular formula is C26H28N2O6S2. The molecular weight excluding hydrogens is 500 g/mol. The normalized spacial score (nSPS) is 18.7. The molecule has 0 spiro atoms. The van der Waals surface area contributed by atoms with Crippen molar-refractivity contribution < 1.29 is 27.4 Å². The molecule has 3 aliphatic heterocycles. The zero-order valence-electron chi connectivity index (χ0n) is 20.2. The Bertz CT molecular complexity index is 1380. The molecule has 0 saturated carbocycles. The van der Waals surface area contributed by atoms with Crippen molar-refractivity contribution in [2.45, 2.75) is 30.0 Å². The van der Waals surface area contributed by atoms with Crippen LogP contribution in [0.5, 0.6) is 17.2 Å². The second-order valence-electron chi connectivity index (χ2n) is 8.75. The number of hydrogen-bond acceptors (Lipinski definition) is 7. The highest BCUT2D eigenvalue weighted by atomic mass is 32.2. The molecule has 3 aliphatic rings. The quantitative estimate of drug-likeness (QED) is 0.558. The zero-order chi connectivity index (χ0) is 25.3. The Morgan fingerprint density at radius 1 is 1.14 bits per heavy atom. The van der Waals surface area contributed by atoms with Gasteiger partial charge < -0.3 is 19.5 Å². The number of sulfonamides is 1. The molecule has 1 amide bonds. The van der Waals surface area contributed by atoms with Gasteiger partial charge in [0.1, 0.15) is 9.96 Å². The van der Waals surface area contributed by atoms with Gasteiger partial charge in [-0.05, 0) is 72.9 Å². The van der Waals surface area contributed by atoms with Gasteiger partial charge in [-0.15, -0.1) is 11.3 Å². The van der Waals surface area contributed by atoms with E-state index >= 15 is 0 Å². The molecule has 1 aromatic heterocycles. The fraction of sp³-hybridized carbons (Fsp3) is 0.346. The molecule has 0 fully saturated rings. The summed E-state index contributed by atoms with van der Waals surface area (Å²) in [6.07, 6.45) is 1.12. The SMILES string of the molecule is COc1cc2c3cc1OCC(=O)NCCCOc1cccc(c1)C2N(S(=O)(=O)c1ccc(C)s1)CC3. The summed E-state index contributed by atoms with van der Waals surface area (Å²) < 4.78 is 47.0. The molecule has 8 nitrogen and oxygen atoms in total. The number of nitrogens with one attached hydrogen (secondary N) is 1. The average Bonchev–Trinajstić information content (AvgIpc) is 3.32. The van der Waals surface area contributed by atoms with Crippen LogP contribution in [0.1, 0.15) is 34.0 Å². The van der Waals surface area contributed by atoms with Gasteiger partial charge in [0.05, 0.1) is 19.8 Å². The van der Waals surface area contributed by atoms with Gasteiger partial charge in [0.25, 0.3) is 15.9 Å². The molecule has 0 radical (unpaired) electrons. The fourth-order valence-electron chi connectivity index (χ4n) is 4.61. The highest BCUT2D eigenvalue weighted by Crippen LogP contribution is 2.44. The van der Waals surface area contributed by atoms with Crippen molar-refractivity contribution in [2.75, 3.05) is 33.4 Å². The molecule has 3 aromatic rings. The number of hydrogen-bond donors (Lipinski definition) is 1. The number of methoxy groups -OCH3 is 1. The lowest BCUT2D eigenvalue weighted by Gasteiger charge is -2.37. The van der Waals surface area contributed by atoms with Gasteiger partial charge in [0.2, 0.25) is 0 Å². The van der Waals surface area contributed by atoms with Crippen LogP contribution in [-0.2, 0) is 21.2 Å². The number of ether oxygens (including phenoxy) is 3. The summed E-state index contributed by atoms with van der Waals surface area (Å²) in [4.78, 5) is 13.2. The Labute approximate surface area is 214 Å². The van der Waals surface area contributed by atoms with E-state index in [1.165, 1.54) is 18.4 Å². The van der Waals surface area contributed by atoms with Crippen molar-refractivity contribution in [2.24, 2.45) is 0 Å². The number of thiophene rings is 1. The van der Waals surface area contributed by atoms with Crippen molar-refractivity contribution in [3.63, 3.8) is 0 Å². The molecule has 1 atom stereocenters. The van der Waals surface area contributed by atoms with Crippen LogP contribution in [0.15, 0.2) is 52.7 Å². The van der Waals surface area contributed by atoms with Crippen LogP contribution in [0.4, 0.5) is 0 Å². The predicted molar refractivity (Wildman–Crippen MR) is 137 cm³/mol. The van der Waals surface area contributed by atoms with Crippen molar-refractivity contribution in [3.05, 3.63) is 70.1 Å². The maximum absolute atomic E-state index is 13.9. The minimum atomic E-state index is -3.77. The summed E-state index contributed by atoms with van der Waals surface area (Å²) in [5.41, 5.74) is 2.57. The predicted octanol–water partition coefficient (Wildman–Crippen LogP) is 3.68. The van der Waals surface area contributed by atoms with Gasteiger partial charge in [-0.25, -0.2) is 8.42 Å². The molecule has 0 saturated heterocycles. The molecule has 0 aliphatic carbocycles. The summed E-state index contributed by atoms with van der Waals surface area (Å²) in [5.74, 6) is 1.32. The third kappa shape index (κ3) is 4.80. The first-order chi connectivity index (χ1) is 17.4. The second kappa shape index (κ2) is 10.1. The fourth-order valence-corrected chi connectivity index (χ4v) is 7.61. The van der Waals surface area contributed by atoms with Crippen LogP contribution >= 0.6 is 11.3 Å². The maximum atomic E-state index is 13.9. The number of benzene rings is 2. The summed E-state index contributed by atoms with van der Waals surface area (Å²) >= 11 is 1.27. The number of amides is 1. The Morgan fingerprint density at radius 3 is 2.78 bits per heavy atom. The van der Waals surface area contributed by atoms with Gasteiger partial charge in [0, 0.05) is 18.0 Å². The number of rotatable bonds is 3. The Hall–Kier alpha value is -3.08. The van der Waals surface area contributed by atoms with Crippen LogP contribution < -0.4 is 19.5 Å². The van der Waals surface area contributed by atoms with Crippen LogP contribution in [0.25, 0.3) is 0 Å². The topological polar surface area (TPSA) is 94.2 Å². The van der Waals surface area contributed by atoms with E-state index in [0.29, 0.717) is 54.0 Å². The van der Waals surface area contributed by atoms with Crippen molar-refractivity contribution in [3.8, 4) is 17.2 Å². The van der Waals surface area contributed by atoms with Crippen LogP contribution in [-0.4, -0.2) is 52.0 Å². The van der Waals surface area contributed by atoms with Crippen LogP contribution in [0.3, 0.4) is 0 Å². The highest BCUT2D eigenvalue weighted by molar-refractivity contribution is 7.91. The van der Waals surface area contributed by atoms with Gasteiger partial charge in [-0.1, -0.05) is 12.1 Å². The van der Waals surface area contributed by atoms with E-state index in [1.807, 2.05) is 49.4 Å². The van der Waals surface area contributed by atoms with E-state index in [2.05, 4.69) is 5.32 Å². The molecule has 36 heavy (non-hydrogen) atoms. The van der Waals surface area contributed by atoms with E-state index in [0.717, 1.165) is 21.6 Å². The number of aryl methyl sites for hydroxylation is 1. The lowest BCUT2D eigenvalue weighted by molar-refractivity contribution is -0.123. The summed E-state index contributed by atoms with van der Waals surface area (Å²) in [7, 11) is -2.24. The van der Waals surface area contributed by atoms with E-state index < -0.39 is 16.1 Å². The first-order valence-electron chi connectivity index (χ1n) is 11.8. The zero-order valence-corrected chi connectivity index (χ0v) is 21.8. The second-order valence-corrected chi connectivity index (χ2v) is 12.2. The number of carbonyl (C=O) groups is 1. The molecule has 6 bridgehead atoms. The van der Waals surface area contributed by atoms with Gasteiger partial charge >= 0.3 is 0 Å². The van der Waals surface area contributed by atoms with Crippen molar-refractivity contribution in [1.82, 2.24) is 9.62 Å². The van der Waals surface area contributed by atoms with E-state index in [1.54, 1.807) is 10.4 Å². The monoisotopic (exact) mass is 528 g/mol. The largest absolute Gasteiger partial charge is 0.494 e. The van der Waals surface area contributed by atoms with E-state index in [-0.39, 0.29) is 12.5 Å². The van der Waals surface area contributed by atoms with Gasteiger partial charge in [-0.3, -0.25) is 4.79 Å². The first kappa shape index (κ1) is 24.6. The minimum Gasteiger partial charge on any atom is -0.494 e. The van der Waals surface area contributed by atoms with Crippen LogP contribution in [0, 0.1) is 6.92 Å². The van der Waals surface area contributed by atoms with E-state index in [9.17, 15) is 13.2 Å². The molecule has 1 unspecified atom stereocenters. The maximum Gasteiger partial charge on any atom is 0.257 e. The highest BCUT2D eigenvalue weighted by Gasteiger charge is 2.39.